The standard InChI is InChI=1S/C20H18FNO2/c1-13(2)17-12-22(16-10-8-15(21)9-11-16)19(18(17)20(23)24)14-6-4-3-5-7-14/h3-13H,1-2H3,(H,23,24). The van der Waals surface area contributed by atoms with Gasteiger partial charge < -0.3 is 9.67 Å². The lowest BCUT2D eigenvalue weighted by Gasteiger charge is -2.11. The number of rotatable bonds is 4. The van der Waals surface area contributed by atoms with Crippen LogP contribution < -0.4 is 0 Å². The molecular weight excluding hydrogens is 305 g/mol. The third-order valence-electron chi connectivity index (χ3n) is 4.02. The van der Waals surface area contributed by atoms with Crippen molar-refractivity contribution in [1.82, 2.24) is 4.57 Å². The largest absolute Gasteiger partial charge is 0.478 e. The zero-order valence-electron chi connectivity index (χ0n) is 13.5. The highest BCUT2D eigenvalue weighted by atomic mass is 19.1. The second kappa shape index (κ2) is 6.32. The summed E-state index contributed by atoms with van der Waals surface area (Å²) in [5.74, 6) is -1.23. The molecule has 2 aromatic carbocycles. The number of hydrogen-bond donors (Lipinski definition) is 1. The Bertz CT molecular complexity index is 865. The molecule has 3 nitrogen and oxygen atoms in total. The number of benzene rings is 2. The van der Waals surface area contributed by atoms with Crippen LogP contribution in [0.15, 0.2) is 60.8 Å². The molecule has 0 atom stereocenters. The quantitative estimate of drug-likeness (QED) is 0.725. The van der Waals surface area contributed by atoms with Crippen molar-refractivity contribution in [1.29, 1.82) is 0 Å². The van der Waals surface area contributed by atoms with E-state index in [-0.39, 0.29) is 11.7 Å². The Morgan fingerprint density at radius 2 is 1.67 bits per heavy atom. The molecule has 0 aliphatic rings. The van der Waals surface area contributed by atoms with Crippen LogP contribution in [-0.2, 0) is 0 Å². The summed E-state index contributed by atoms with van der Waals surface area (Å²) in [6.07, 6.45) is 1.84. The third-order valence-corrected chi connectivity index (χ3v) is 4.02. The fourth-order valence-corrected chi connectivity index (χ4v) is 2.87. The molecule has 1 aromatic heterocycles. The minimum atomic E-state index is -0.960. The Kier molecular flexibility index (Phi) is 4.21. The van der Waals surface area contributed by atoms with Gasteiger partial charge in [0, 0.05) is 11.9 Å². The van der Waals surface area contributed by atoms with Gasteiger partial charge in [0.15, 0.2) is 0 Å². The minimum Gasteiger partial charge on any atom is -0.478 e. The van der Waals surface area contributed by atoms with E-state index in [2.05, 4.69) is 0 Å². The van der Waals surface area contributed by atoms with Crippen LogP contribution in [0.4, 0.5) is 4.39 Å². The Balaban J connectivity index is 2.34. The van der Waals surface area contributed by atoms with Crippen molar-refractivity contribution in [2.75, 3.05) is 0 Å². The Labute approximate surface area is 140 Å². The van der Waals surface area contributed by atoms with Crippen molar-refractivity contribution in [3.05, 3.63) is 77.7 Å². The van der Waals surface area contributed by atoms with E-state index in [1.54, 1.807) is 12.1 Å². The predicted octanol–water partition coefficient (Wildman–Crippen LogP) is 5.11. The van der Waals surface area contributed by atoms with Gasteiger partial charge in [-0.15, -0.1) is 0 Å². The molecule has 0 bridgehead atoms. The number of aromatic carboxylic acids is 1. The predicted molar refractivity (Wildman–Crippen MR) is 92.2 cm³/mol. The third kappa shape index (κ3) is 2.83. The summed E-state index contributed by atoms with van der Waals surface area (Å²) in [7, 11) is 0. The molecule has 24 heavy (non-hydrogen) atoms. The first kappa shape index (κ1) is 16.0. The van der Waals surface area contributed by atoms with E-state index < -0.39 is 5.97 Å². The molecule has 0 fully saturated rings. The average molecular weight is 323 g/mol. The molecular formula is C20H18FNO2. The number of nitrogens with zero attached hydrogens (tertiary/aromatic N) is 1. The first-order valence-corrected chi connectivity index (χ1v) is 7.79. The molecule has 0 saturated heterocycles. The highest BCUT2D eigenvalue weighted by Gasteiger charge is 2.24. The average Bonchev–Trinajstić information content (AvgIpc) is 2.97. The van der Waals surface area contributed by atoms with E-state index >= 15 is 0 Å². The summed E-state index contributed by atoms with van der Waals surface area (Å²) in [6, 6.07) is 15.4. The molecule has 0 spiro atoms. The summed E-state index contributed by atoms with van der Waals surface area (Å²) in [5, 5.41) is 9.79. The molecule has 0 unspecified atom stereocenters. The lowest BCUT2D eigenvalue weighted by molar-refractivity contribution is 0.0696. The van der Waals surface area contributed by atoms with Crippen LogP contribution in [0.5, 0.6) is 0 Å². The molecule has 1 heterocycles. The van der Waals surface area contributed by atoms with Gasteiger partial charge in [-0.3, -0.25) is 0 Å². The van der Waals surface area contributed by atoms with Crippen molar-refractivity contribution in [2.45, 2.75) is 19.8 Å². The maximum absolute atomic E-state index is 13.3. The first-order chi connectivity index (χ1) is 11.5. The maximum atomic E-state index is 13.3. The van der Waals surface area contributed by atoms with Gasteiger partial charge in [0.2, 0.25) is 0 Å². The summed E-state index contributed by atoms with van der Waals surface area (Å²) in [6.45, 7) is 3.93. The van der Waals surface area contributed by atoms with Crippen molar-refractivity contribution in [3.8, 4) is 16.9 Å². The lowest BCUT2D eigenvalue weighted by Crippen LogP contribution is -2.04. The van der Waals surface area contributed by atoms with Crippen LogP contribution in [0.1, 0.15) is 35.7 Å². The van der Waals surface area contributed by atoms with Crippen LogP contribution >= 0.6 is 0 Å². The number of aromatic nitrogens is 1. The number of hydrogen-bond acceptors (Lipinski definition) is 1. The zero-order valence-corrected chi connectivity index (χ0v) is 13.5. The van der Waals surface area contributed by atoms with Gasteiger partial charge in [-0.05, 0) is 41.3 Å². The molecule has 0 amide bonds. The van der Waals surface area contributed by atoms with Crippen molar-refractivity contribution in [3.63, 3.8) is 0 Å². The molecule has 0 aliphatic heterocycles. The maximum Gasteiger partial charge on any atom is 0.338 e. The fraction of sp³-hybridized carbons (Fsp3) is 0.150. The second-order valence-corrected chi connectivity index (χ2v) is 5.98. The van der Waals surface area contributed by atoms with Gasteiger partial charge in [-0.2, -0.15) is 0 Å². The molecule has 3 rings (SSSR count). The first-order valence-electron chi connectivity index (χ1n) is 7.79. The van der Waals surface area contributed by atoms with Gasteiger partial charge >= 0.3 is 5.97 Å². The summed E-state index contributed by atoms with van der Waals surface area (Å²) < 4.78 is 15.1. The molecule has 0 aliphatic carbocycles. The van der Waals surface area contributed by atoms with E-state index in [1.807, 2.05) is 54.9 Å². The minimum absolute atomic E-state index is 0.0558. The molecule has 0 radical (unpaired) electrons. The molecule has 122 valence electrons. The number of carboxylic acid groups (broad SMARTS) is 1. The second-order valence-electron chi connectivity index (χ2n) is 5.98. The van der Waals surface area contributed by atoms with Crippen molar-refractivity contribution < 1.29 is 14.3 Å². The SMILES string of the molecule is CC(C)c1cn(-c2ccc(F)cc2)c(-c2ccccc2)c1C(=O)O. The van der Waals surface area contributed by atoms with E-state index in [9.17, 15) is 14.3 Å². The van der Waals surface area contributed by atoms with E-state index in [0.29, 0.717) is 11.3 Å². The summed E-state index contributed by atoms with van der Waals surface area (Å²) in [4.78, 5) is 11.9. The van der Waals surface area contributed by atoms with Crippen LogP contribution in [0.3, 0.4) is 0 Å². The van der Waals surface area contributed by atoms with E-state index in [0.717, 1.165) is 16.8 Å². The van der Waals surface area contributed by atoms with Gasteiger partial charge in [0.05, 0.1) is 11.3 Å². The molecule has 1 N–H and O–H groups in total. The number of carboxylic acids is 1. The fourth-order valence-electron chi connectivity index (χ4n) is 2.87. The zero-order chi connectivity index (χ0) is 17.3. The van der Waals surface area contributed by atoms with Crippen LogP contribution in [0, 0.1) is 5.82 Å². The topological polar surface area (TPSA) is 42.2 Å². The highest BCUT2D eigenvalue weighted by Crippen LogP contribution is 2.34. The van der Waals surface area contributed by atoms with Crippen LogP contribution in [-0.4, -0.2) is 15.6 Å². The molecule has 3 aromatic rings. The summed E-state index contributed by atoms with van der Waals surface area (Å²) in [5.41, 5.74) is 3.19. The summed E-state index contributed by atoms with van der Waals surface area (Å²) >= 11 is 0. The Morgan fingerprint density at radius 3 is 2.21 bits per heavy atom. The van der Waals surface area contributed by atoms with Gasteiger partial charge in [-0.25, -0.2) is 9.18 Å². The van der Waals surface area contributed by atoms with E-state index in [4.69, 9.17) is 0 Å². The normalized spacial score (nSPS) is 11.0. The van der Waals surface area contributed by atoms with Crippen LogP contribution in [0.25, 0.3) is 16.9 Å². The Hall–Kier alpha value is -2.88. The monoisotopic (exact) mass is 323 g/mol. The van der Waals surface area contributed by atoms with E-state index in [1.165, 1.54) is 12.1 Å². The Morgan fingerprint density at radius 1 is 1.04 bits per heavy atom. The highest BCUT2D eigenvalue weighted by molar-refractivity contribution is 5.97. The van der Waals surface area contributed by atoms with Gasteiger partial charge in [-0.1, -0.05) is 44.2 Å². The van der Waals surface area contributed by atoms with Gasteiger partial charge in [0.1, 0.15) is 5.82 Å². The molecule has 0 saturated carbocycles. The smallest absolute Gasteiger partial charge is 0.338 e. The van der Waals surface area contributed by atoms with Crippen molar-refractivity contribution >= 4 is 5.97 Å². The lowest BCUT2D eigenvalue weighted by atomic mass is 9.98. The van der Waals surface area contributed by atoms with Crippen molar-refractivity contribution in [2.24, 2.45) is 0 Å². The number of halogens is 1. The van der Waals surface area contributed by atoms with Crippen LogP contribution in [0.2, 0.25) is 0 Å². The number of carbonyl (C=O) groups is 1. The van der Waals surface area contributed by atoms with Gasteiger partial charge in [0.25, 0.3) is 0 Å². The molecule has 4 heteroatoms.